The fourth-order valence-electron chi connectivity index (χ4n) is 2.16. The van der Waals surface area contributed by atoms with Crippen molar-refractivity contribution in [1.29, 1.82) is 0 Å². The van der Waals surface area contributed by atoms with E-state index in [0.29, 0.717) is 5.92 Å². The van der Waals surface area contributed by atoms with E-state index in [2.05, 4.69) is 63.3 Å². The van der Waals surface area contributed by atoms with Gasteiger partial charge >= 0.3 is 0 Å². The molecule has 0 aromatic heterocycles. The molecular formula is C19H25NO. The van der Waals surface area contributed by atoms with Gasteiger partial charge in [-0.3, -0.25) is 0 Å². The average Bonchev–Trinajstić information content (AvgIpc) is 2.48. The molecule has 0 radical (unpaired) electrons. The Kier molecular flexibility index (Phi) is 5.40. The minimum Gasteiger partial charge on any atom is -0.457 e. The molecule has 0 heterocycles. The van der Waals surface area contributed by atoms with Crippen LogP contribution in [0.25, 0.3) is 0 Å². The summed E-state index contributed by atoms with van der Waals surface area (Å²) in [5, 5.41) is 3.32. The molecule has 0 aliphatic carbocycles. The van der Waals surface area contributed by atoms with Crippen LogP contribution in [-0.2, 0) is 6.54 Å². The van der Waals surface area contributed by atoms with E-state index in [-0.39, 0.29) is 0 Å². The first-order valence-corrected chi connectivity index (χ1v) is 7.68. The second-order valence-corrected chi connectivity index (χ2v) is 5.71. The molecule has 0 aliphatic heterocycles. The third kappa shape index (κ3) is 4.33. The van der Waals surface area contributed by atoms with Crippen LogP contribution in [0.2, 0.25) is 0 Å². The lowest BCUT2D eigenvalue weighted by Crippen LogP contribution is -2.11. The van der Waals surface area contributed by atoms with Crippen molar-refractivity contribution in [2.24, 2.45) is 0 Å². The Morgan fingerprint density at radius 3 is 2.38 bits per heavy atom. The van der Waals surface area contributed by atoms with Crippen LogP contribution in [-0.4, -0.2) is 6.54 Å². The van der Waals surface area contributed by atoms with Gasteiger partial charge in [-0.25, -0.2) is 0 Å². The summed E-state index contributed by atoms with van der Waals surface area (Å²) in [5.41, 5.74) is 3.74. The monoisotopic (exact) mass is 283 g/mol. The summed E-state index contributed by atoms with van der Waals surface area (Å²) in [5.74, 6) is 2.34. The number of hydrogen-bond acceptors (Lipinski definition) is 2. The third-order valence-electron chi connectivity index (χ3n) is 3.61. The minimum atomic E-state index is 0.510. The Labute approximate surface area is 128 Å². The average molecular weight is 283 g/mol. The lowest BCUT2D eigenvalue weighted by molar-refractivity contribution is 0.477. The van der Waals surface area contributed by atoms with Crippen molar-refractivity contribution in [3.8, 4) is 11.5 Å². The van der Waals surface area contributed by atoms with Crippen molar-refractivity contribution in [2.75, 3.05) is 6.54 Å². The van der Waals surface area contributed by atoms with E-state index in [1.54, 1.807) is 0 Å². The Bertz CT molecular complexity index is 573. The van der Waals surface area contributed by atoms with Crippen molar-refractivity contribution in [1.82, 2.24) is 5.32 Å². The lowest BCUT2D eigenvalue weighted by Gasteiger charge is -2.13. The van der Waals surface area contributed by atoms with E-state index in [1.807, 2.05) is 12.1 Å². The van der Waals surface area contributed by atoms with Crippen molar-refractivity contribution in [3.05, 3.63) is 59.2 Å². The highest BCUT2D eigenvalue weighted by Crippen LogP contribution is 2.28. The molecule has 0 unspecified atom stereocenters. The molecule has 0 spiro atoms. The minimum absolute atomic E-state index is 0.510. The zero-order chi connectivity index (χ0) is 15.2. The fraction of sp³-hybridized carbons (Fsp3) is 0.368. The topological polar surface area (TPSA) is 21.3 Å². The zero-order valence-corrected chi connectivity index (χ0v) is 13.4. The first-order chi connectivity index (χ1) is 10.1. The molecule has 0 bridgehead atoms. The van der Waals surface area contributed by atoms with Crippen molar-refractivity contribution < 1.29 is 4.74 Å². The molecule has 2 aromatic rings. The largest absolute Gasteiger partial charge is 0.457 e. The van der Waals surface area contributed by atoms with Gasteiger partial charge in [0.05, 0.1) is 0 Å². The maximum absolute atomic E-state index is 6.04. The van der Waals surface area contributed by atoms with Crippen molar-refractivity contribution >= 4 is 0 Å². The van der Waals surface area contributed by atoms with Gasteiger partial charge in [-0.15, -0.1) is 0 Å². The number of hydrogen-bond donors (Lipinski definition) is 1. The van der Waals surface area contributed by atoms with E-state index < -0.39 is 0 Å². The van der Waals surface area contributed by atoms with E-state index in [0.717, 1.165) is 30.2 Å². The molecule has 1 N–H and O–H groups in total. The van der Waals surface area contributed by atoms with Gasteiger partial charge in [0.1, 0.15) is 11.5 Å². The van der Waals surface area contributed by atoms with Gasteiger partial charge in [-0.05, 0) is 54.3 Å². The molecule has 0 saturated heterocycles. The summed E-state index contributed by atoms with van der Waals surface area (Å²) in [6.45, 7) is 10.5. The Morgan fingerprint density at radius 2 is 1.76 bits per heavy atom. The molecule has 112 valence electrons. The van der Waals surface area contributed by atoms with Gasteiger partial charge in [0.25, 0.3) is 0 Å². The molecule has 0 fully saturated rings. The number of nitrogens with one attached hydrogen (secondary N) is 1. The van der Waals surface area contributed by atoms with Gasteiger partial charge in [0.2, 0.25) is 0 Å². The van der Waals surface area contributed by atoms with Crippen LogP contribution in [0.4, 0.5) is 0 Å². The Hall–Kier alpha value is -1.80. The molecular weight excluding hydrogens is 258 g/mol. The molecule has 0 aliphatic rings. The molecule has 0 atom stereocenters. The molecule has 0 saturated carbocycles. The van der Waals surface area contributed by atoms with E-state index >= 15 is 0 Å². The second kappa shape index (κ2) is 7.28. The molecule has 21 heavy (non-hydrogen) atoms. The van der Waals surface area contributed by atoms with Gasteiger partial charge in [0, 0.05) is 6.54 Å². The van der Waals surface area contributed by atoms with Crippen LogP contribution in [0.1, 0.15) is 43.4 Å². The summed E-state index contributed by atoms with van der Waals surface area (Å²) in [7, 11) is 0. The second-order valence-electron chi connectivity index (χ2n) is 5.71. The van der Waals surface area contributed by atoms with Crippen LogP contribution < -0.4 is 10.1 Å². The normalized spacial score (nSPS) is 10.9. The van der Waals surface area contributed by atoms with Gasteiger partial charge in [0.15, 0.2) is 0 Å². The summed E-state index contributed by atoms with van der Waals surface area (Å²) < 4.78 is 6.04. The Balaban J connectivity index is 2.12. The summed E-state index contributed by atoms with van der Waals surface area (Å²) >= 11 is 0. The van der Waals surface area contributed by atoms with Gasteiger partial charge in [-0.2, -0.15) is 0 Å². The van der Waals surface area contributed by atoms with Crippen LogP contribution >= 0.6 is 0 Å². The number of benzene rings is 2. The van der Waals surface area contributed by atoms with Crippen LogP contribution in [0.15, 0.2) is 42.5 Å². The SMILES string of the molecule is CCNCc1ccc(Oc2cc(C(C)C)ccc2C)cc1. The predicted molar refractivity (Wildman–Crippen MR) is 89.2 cm³/mol. The van der Waals surface area contributed by atoms with E-state index in [1.165, 1.54) is 11.1 Å². The number of rotatable bonds is 6. The van der Waals surface area contributed by atoms with E-state index in [9.17, 15) is 0 Å². The Morgan fingerprint density at radius 1 is 1.05 bits per heavy atom. The van der Waals surface area contributed by atoms with Gasteiger partial charge < -0.3 is 10.1 Å². The fourth-order valence-corrected chi connectivity index (χ4v) is 2.16. The van der Waals surface area contributed by atoms with Crippen LogP contribution in [0.5, 0.6) is 11.5 Å². The lowest BCUT2D eigenvalue weighted by atomic mass is 10.0. The highest BCUT2D eigenvalue weighted by Gasteiger charge is 2.06. The predicted octanol–water partition coefficient (Wildman–Crippen LogP) is 5.02. The first-order valence-electron chi connectivity index (χ1n) is 7.68. The molecule has 0 amide bonds. The van der Waals surface area contributed by atoms with Crippen molar-refractivity contribution in [2.45, 2.75) is 40.2 Å². The number of ether oxygens (including phenoxy) is 1. The maximum Gasteiger partial charge on any atom is 0.130 e. The quantitative estimate of drug-likeness (QED) is 0.803. The number of aryl methyl sites for hydroxylation is 1. The highest BCUT2D eigenvalue weighted by molar-refractivity contribution is 5.41. The molecule has 2 rings (SSSR count). The maximum atomic E-state index is 6.04. The van der Waals surface area contributed by atoms with Crippen molar-refractivity contribution in [3.63, 3.8) is 0 Å². The molecule has 2 heteroatoms. The summed E-state index contributed by atoms with van der Waals surface area (Å²) in [6.07, 6.45) is 0. The molecule has 2 nitrogen and oxygen atoms in total. The standard InChI is InChI=1S/C19H25NO/c1-5-20-13-16-7-10-18(11-8-16)21-19-12-17(14(2)3)9-6-15(19)4/h6-12,14,20H,5,13H2,1-4H3. The molecule has 2 aromatic carbocycles. The third-order valence-corrected chi connectivity index (χ3v) is 3.61. The smallest absolute Gasteiger partial charge is 0.130 e. The highest BCUT2D eigenvalue weighted by atomic mass is 16.5. The van der Waals surface area contributed by atoms with Crippen LogP contribution in [0.3, 0.4) is 0 Å². The first kappa shape index (κ1) is 15.6. The van der Waals surface area contributed by atoms with Crippen LogP contribution in [0, 0.1) is 6.92 Å². The zero-order valence-electron chi connectivity index (χ0n) is 13.4. The van der Waals surface area contributed by atoms with Gasteiger partial charge in [-0.1, -0.05) is 45.0 Å². The summed E-state index contributed by atoms with van der Waals surface area (Å²) in [4.78, 5) is 0. The van der Waals surface area contributed by atoms with E-state index in [4.69, 9.17) is 4.74 Å². The summed E-state index contributed by atoms with van der Waals surface area (Å²) in [6, 6.07) is 14.7.